The third-order valence-electron chi connectivity index (χ3n) is 2.84. The van der Waals surface area contributed by atoms with E-state index in [9.17, 15) is 9.59 Å². The molecule has 0 saturated carbocycles. The first-order valence-electron chi connectivity index (χ1n) is 5.43. The van der Waals surface area contributed by atoms with Gasteiger partial charge in [0.25, 0.3) is 5.56 Å². The van der Waals surface area contributed by atoms with Crippen LogP contribution < -0.4 is 5.56 Å². The number of hydrogen-bond acceptors (Lipinski definition) is 2. The van der Waals surface area contributed by atoms with E-state index in [0.717, 1.165) is 10.9 Å². The number of aromatic carboxylic acids is 1. The molecule has 2 N–H and O–H groups in total. The van der Waals surface area contributed by atoms with Crippen LogP contribution in [0.15, 0.2) is 23.0 Å². The van der Waals surface area contributed by atoms with Gasteiger partial charge >= 0.3 is 5.97 Å². The Morgan fingerprint density at radius 2 is 2.12 bits per heavy atom. The van der Waals surface area contributed by atoms with Gasteiger partial charge in [-0.2, -0.15) is 0 Å². The molecule has 1 aromatic carbocycles. The monoisotopic (exact) mass is 231 g/mol. The van der Waals surface area contributed by atoms with E-state index in [2.05, 4.69) is 4.98 Å². The average molecular weight is 231 g/mol. The Morgan fingerprint density at radius 3 is 2.71 bits per heavy atom. The van der Waals surface area contributed by atoms with Crippen molar-refractivity contribution in [1.29, 1.82) is 0 Å². The van der Waals surface area contributed by atoms with Crippen LogP contribution in [0.25, 0.3) is 10.9 Å². The highest BCUT2D eigenvalue weighted by molar-refractivity contribution is 5.96. The predicted molar refractivity (Wildman–Crippen MR) is 65.6 cm³/mol. The van der Waals surface area contributed by atoms with Gasteiger partial charge in [-0.3, -0.25) is 4.79 Å². The zero-order valence-corrected chi connectivity index (χ0v) is 9.70. The van der Waals surface area contributed by atoms with Crippen molar-refractivity contribution in [3.63, 3.8) is 0 Å². The van der Waals surface area contributed by atoms with Crippen molar-refractivity contribution in [3.8, 4) is 0 Å². The molecule has 1 heterocycles. The van der Waals surface area contributed by atoms with Crippen molar-refractivity contribution in [1.82, 2.24) is 4.98 Å². The second kappa shape index (κ2) is 4.05. The van der Waals surface area contributed by atoms with Gasteiger partial charge in [-0.1, -0.05) is 19.1 Å². The summed E-state index contributed by atoms with van der Waals surface area (Å²) in [6.45, 7) is 3.77. The number of nitrogens with one attached hydrogen (secondary N) is 1. The van der Waals surface area contributed by atoms with E-state index in [1.54, 1.807) is 0 Å². The molecule has 0 spiro atoms. The van der Waals surface area contributed by atoms with Gasteiger partial charge in [-0.25, -0.2) is 4.79 Å². The fourth-order valence-corrected chi connectivity index (χ4v) is 2.07. The number of carboxylic acids is 1. The first-order valence-corrected chi connectivity index (χ1v) is 5.43. The molecule has 2 rings (SSSR count). The number of pyridine rings is 1. The largest absolute Gasteiger partial charge is 0.477 e. The van der Waals surface area contributed by atoms with Gasteiger partial charge in [-0.05, 0) is 30.5 Å². The molecule has 0 saturated heterocycles. The van der Waals surface area contributed by atoms with Gasteiger partial charge < -0.3 is 10.1 Å². The number of carbonyl (C=O) groups is 1. The lowest BCUT2D eigenvalue weighted by atomic mass is 10.00. The third kappa shape index (κ3) is 1.82. The number of fused-ring (bicyclic) bond motifs is 1. The van der Waals surface area contributed by atoms with E-state index >= 15 is 0 Å². The molecular formula is C13H13NO3. The van der Waals surface area contributed by atoms with Crippen molar-refractivity contribution in [3.05, 3.63) is 45.2 Å². The summed E-state index contributed by atoms with van der Waals surface area (Å²) in [4.78, 5) is 25.4. The van der Waals surface area contributed by atoms with E-state index in [0.29, 0.717) is 17.5 Å². The highest BCUT2D eigenvalue weighted by Crippen LogP contribution is 2.20. The second-order valence-corrected chi connectivity index (χ2v) is 4.02. The number of aromatic amines is 1. The van der Waals surface area contributed by atoms with Gasteiger partial charge in [0, 0.05) is 10.9 Å². The summed E-state index contributed by atoms with van der Waals surface area (Å²) < 4.78 is 0. The van der Waals surface area contributed by atoms with Crippen LogP contribution >= 0.6 is 0 Å². The molecule has 88 valence electrons. The smallest absolute Gasteiger partial charge is 0.341 e. The van der Waals surface area contributed by atoms with Gasteiger partial charge in [0.2, 0.25) is 0 Å². The zero-order valence-electron chi connectivity index (χ0n) is 9.70. The molecule has 4 heteroatoms. The van der Waals surface area contributed by atoms with Crippen molar-refractivity contribution < 1.29 is 9.90 Å². The summed E-state index contributed by atoms with van der Waals surface area (Å²) in [5.41, 5.74) is 1.63. The van der Waals surface area contributed by atoms with Gasteiger partial charge in [0.15, 0.2) is 0 Å². The van der Waals surface area contributed by atoms with Crippen LogP contribution in [-0.4, -0.2) is 16.1 Å². The zero-order chi connectivity index (χ0) is 12.6. The van der Waals surface area contributed by atoms with Crippen LogP contribution in [0, 0.1) is 6.92 Å². The Labute approximate surface area is 97.9 Å². The molecular weight excluding hydrogens is 218 g/mol. The minimum atomic E-state index is -1.18. The summed E-state index contributed by atoms with van der Waals surface area (Å²) in [7, 11) is 0. The van der Waals surface area contributed by atoms with Crippen molar-refractivity contribution in [2.75, 3.05) is 0 Å². The normalized spacial score (nSPS) is 10.7. The quantitative estimate of drug-likeness (QED) is 0.831. The van der Waals surface area contributed by atoms with Crippen LogP contribution in [0.1, 0.15) is 28.4 Å². The van der Waals surface area contributed by atoms with Crippen LogP contribution in [-0.2, 0) is 6.42 Å². The van der Waals surface area contributed by atoms with E-state index in [1.807, 2.05) is 32.0 Å². The Kier molecular flexibility index (Phi) is 2.71. The van der Waals surface area contributed by atoms with Crippen molar-refractivity contribution in [2.24, 2.45) is 0 Å². The molecule has 1 aromatic heterocycles. The molecule has 4 nitrogen and oxygen atoms in total. The van der Waals surface area contributed by atoms with Crippen molar-refractivity contribution >= 4 is 16.9 Å². The molecule has 17 heavy (non-hydrogen) atoms. The van der Waals surface area contributed by atoms with Crippen LogP contribution in [0.3, 0.4) is 0 Å². The van der Waals surface area contributed by atoms with E-state index in [-0.39, 0.29) is 5.56 Å². The summed E-state index contributed by atoms with van der Waals surface area (Å²) in [6.07, 6.45) is 0.519. The lowest BCUT2D eigenvalue weighted by molar-refractivity contribution is 0.0694. The number of benzene rings is 1. The number of rotatable bonds is 2. The van der Waals surface area contributed by atoms with Gasteiger partial charge in [0.1, 0.15) is 5.56 Å². The summed E-state index contributed by atoms with van der Waals surface area (Å²) in [5.74, 6) is -1.18. The number of aromatic nitrogens is 1. The Morgan fingerprint density at radius 1 is 1.41 bits per heavy atom. The van der Waals surface area contributed by atoms with E-state index in [4.69, 9.17) is 5.11 Å². The maximum Gasteiger partial charge on any atom is 0.341 e. The van der Waals surface area contributed by atoms with Crippen molar-refractivity contribution in [2.45, 2.75) is 20.3 Å². The lowest BCUT2D eigenvalue weighted by Gasteiger charge is -2.08. The highest BCUT2D eigenvalue weighted by atomic mass is 16.4. The Balaban J connectivity index is 2.95. The molecule has 0 bridgehead atoms. The Hall–Kier alpha value is -2.10. The van der Waals surface area contributed by atoms with Crippen LogP contribution in [0.2, 0.25) is 0 Å². The topological polar surface area (TPSA) is 70.2 Å². The molecule has 0 unspecified atom stereocenters. The van der Waals surface area contributed by atoms with Crippen LogP contribution in [0.4, 0.5) is 0 Å². The minimum Gasteiger partial charge on any atom is -0.477 e. The maximum absolute atomic E-state index is 11.7. The third-order valence-corrected chi connectivity index (χ3v) is 2.84. The lowest BCUT2D eigenvalue weighted by Crippen LogP contribution is -2.20. The molecule has 0 radical (unpaired) electrons. The fourth-order valence-electron chi connectivity index (χ4n) is 2.07. The predicted octanol–water partition coefficient (Wildman–Crippen LogP) is 2.10. The fraction of sp³-hybridized carbons (Fsp3) is 0.231. The van der Waals surface area contributed by atoms with E-state index in [1.165, 1.54) is 0 Å². The molecule has 0 amide bonds. The molecule has 0 atom stereocenters. The highest BCUT2D eigenvalue weighted by Gasteiger charge is 2.16. The molecule has 2 aromatic rings. The first-order chi connectivity index (χ1) is 8.04. The number of aryl methyl sites for hydroxylation is 2. The standard InChI is InChI=1S/C13H13NO3/c1-3-8-9-5-4-7(2)6-10(9)14-12(15)11(8)13(16)17/h4-6H,3H2,1-2H3,(H,14,15)(H,16,17). The minimum absolute atomic E-state index is 0.149. The molecule has 0 aliphatic heterocycles. The SMILES string of the molecule is CCc1c(C(=O)O)c(=O)[nH]c2cc(C)ccc12. The number of H-pyrrole nitrogens is 1. The number of hydrogen-bond donors (Lipinski definition) is 2. The number of carboxylic acid groups (broad SMARTS) is 1. The summed E-state index contributed by atoms with van der Waals surface area (Å²) in [6, 6.07) is 5.61. The van der Waals surface area contributed by atoms with Crippen LogP contribution in [0.5, 0.6) is 0 Å². The second-order valence-electron chi connectivity index (χ2n) is 4.02. The van der Waals surface area contributed by atoms with Gasteiger partial charge in [0.05, 0.1) is 0 Å². The average Bonchev–Trinajstić information content (AvgIpc) is 2.26. The summed E-state index contributed by atoms with van der Waals surface area (Å²) in [5, 5.41) is 9.87. The molecule has 0 aliphatic carbocycles. The first kappa shape index (κ1) is 11.4. The van der Waals surface area contributed by atoms with Gasteiger partial charge in [-0.15, -0.1) is 0 Å². The maximum atomic E-state index is 11.7. The molecule has 0 fully saturated rings. The summed E-state index contributed by atoms with van der Waals surface area (Å²) >= 11 is 0. The van der Waals surface area contributed by atoms with E-state index < -0.39 is 11.5 Å². The Bertz CT molecular complexity index is 655. The molecule has 0 aliphatic rings.